The standard InChI is InChI=1S/C51H40N4.CH5N/c1-4-19-36(5-2)50(37-20-8-6-9-21-37)54-51(52-3)40-24-17-27-42(35-40)55-47-32-15-13-29-45(47)49-44(30-18-33-48(49)55)39-23-16-22-38(34-39)43-28-12-14-31-46(43)53-41-25-10-7-11-26-41;1-2/h4-35,50,53H,1-3H2;2H2,1H3/b36-19+,54-51?;. The van der Waals surface area contributed by atoms with Gasteiger partial charge in [0.2, 0.25) is 0 Å². The molecule has 0 spiro atoms. The number of amidine groups is 1. The molecule has 278 valence electrons. The van der Waals surface area contributed by atoms with Crippen molar-refractivity contribution in [2.75, 3.05) is 12.4 Å². The van der Waals surface area contributed by atoms with Crippen molar-refractivity contribution in [1.82, 2.24) is 4.57 Å². The maximum absolute atomic E-state index is 5.17. The Labute approximate surface area is 335 Å². The fourth-order valence-electron chi connectivity index (χ4n) is 7.41. The van der Waals surface area contributed by atoms with Gasteiger partial charge in [0.25, 0.3) is 0 Å². The quantitative estimate of drug-likeness (QED) is 0.0788. The van der Waals surface area contributed by atoms with Gasteiger partial charge in [-0.3, -0.25) is 4.99 Å². The van der Waals surface area contributed by atoms with Crippen LogP contribution in [0.2, 0.25) is 0 Å². The zero-order valence-electron chi connectivity index (χ0n) is 32.1. The lowest BCUT2D eigenvalue weighted by Gasteiger charge is -2.16. The van der Waals surface area contributed by atoms with Crippen LogP contribution in [0.15, 0.2) is 223 Å². The first-order valence-electron chi connectivity index (χ1n) is 18.9. The number of hydrogen-bond donors (Lipinski definition) is 2. The normalized spacial score (nSPS) is 12.0. The van der Waals surface area contributed by atoms with E-state index in [4.69, 9.17) is 4.99 Å². The number of rotatable bonds is 11. The van der Waals surface area contributed by atoms with Crippen molar-refractivity contribution in [1.29, 1.82) is 0 Å². The maximum atomic E-state index is 5.17. The molecule has 0 fully saturated rings. The summed E-state index contributed by atoms with van der Waals surface area (Å²) in [6.45, 7) is 11.9. The monoisotopic (exact) mass is 739 g/mol. The van der Waals surface area contributed by atoms with E-state index < -0.39 is 0 Å². The van der Waals surface area contributed by atoms with Gasteiger partial charge in [0.05, 0.1) is 11.0 Å². The molecule has 0 saturated heterocycles. The number of aliphatic imine (C=N–C) groups is 2. The molecule has 5 nitrogen and oxygen atoms in total. The van der Waals surface area contributed by atoms with Gasteiger partial charge in [-0.15, -0.1) is 0 Å². The topological polar surface area (TPSA) is 67.7 Å². The number of nitrogens with zero attached hydrogens (tertiary/aromatic N) is 3. The number of nitrogens with two attached hydrogens (primary N) is 1. The lowest BCUT2D eigenvalue weighted by molar-refractivity contribution is 0.870. The third-order valence-corrected chi connectivity index (χ3v) is 9.90. The summed E-state index contributed by atoms with van der Waals surface area (Å²) in [4.78, 5) is 9.64. The van der Waals surface area contributed by atoms with Gasteiger partial charge in [-0.05, 0) is 90.1 Å². The van der Waals surface area contributed by atoms with Crippen LogP contribution >= 0.6 is 0 Å². The van der Waals surface area contributed by atoms with Crippen molar-refractivity contribution in [3.8, 4) is 27.9 Å². The lowest BCUT2D eigenvalue weighted by Crippen LogP contribution is -2.06. The number of benzene rings is 7. The Morgan fingerprint density at radius 2 is 1.28 bits per heavy atom. The molecule has 0 aliphatic heterocycles. The van der Waals surface area contributed by atoms with Crippen molar-refractivity contribution in [3.63, 3.8) is 0 Å². The highest BCUT2D eigenvalue weighted by molar-refractivity contribution is 6.16. The predicted molar refractivity (Wildman–Crippen MR) is 245 cm³/mol. The molecule has 57 heavy (non-hydrogen) atoms. The molecular weight excluding hydrogens is 695 g/mol. The number of allylic oxidation sites excluding steroid dienone is 2. The van der Waals surface area contributed by atoms with E-state index in [1.807, 2.05) is 54.6 Å². The molecule has 0 aliphatic rings. The molecule has 5 heteroatoms. The van der Waals surface area contributed by atoms with E-state index in [1.54, 1.807) is 6.08 Å². The summed E-state index contributed by atoms with van der Waals surface area (Å²) in [6.07, 6.45) is 5.53. The molecule has 8 aromatic rings. The highest BCUT2D eigenvalue weighted by atomic mass is 15.0. The van der Waals surface area contributed by atoms with Crippen LogP contribution in [0.4, 0.5) is 11.4 Å². The summed E-state index contributed by atoms with van der Waals surface area (Å²) in [7, 11) is 1.50. The number of fused-ring (bicyclic) bond motifs is 3. The fraction of sp³-hybridized carbons (Fsp3) is 0.0385. The van der Waals surface area contributed by atoms with Gasteiger partial charge in [-0.1, -0.05) is 159 Å². The van der Waals surface area contributed by atoms with E-state index in [1.165, 1.54) is 23.4 Å². The Hall–Kier alpha value is -7.34. The average Bonchev–Trinajstić information content (AvgIpc) is 3.62. The molecule has 0 aliphatic carbocycles. The van der Waals surface area contributed by atoms with Gasteiger partial charge in [-0.25, -0.2) is 4.99 Å². The van der Waals surface area contributed by atoms with Crippen LogP contribution in [0.3, 0.4) is 0 Å². The van der Waals surface area contributed by atoms with Gasteiger partial charge in [0, 0.05) is 39.0 Å². The molecule has 3 N–H and O–H groups in total. The molecular formula is C52H45N5. The predicted octanol–water partition coefficient (Wildman–Crippen LogP) is 12.9. The highest BCUT2D eigenvalue weighted by Crippen LogP contribution is 2.40. The molecule has 0 bridgehead atoms. The smallest absolute Gasteiger partial charge is 0.154 e. The summed E-state index contributed by atoms with van der Waals surface area (Å²) in [5.41, 5.74) is 17.3. The number of nitrogens with one attached hydrogen (secondary N) is 1. The number of para-hydroxylation sites is 3. The van der Waals surface area contributed by atoms with Crippen LogP contribution in [0.5, 0.6) is 0 Å². The second-order valence-corrected chi connectivity index (χ2v) is 13.3. The molecule has 0 saturated carbocycles. The first kappa shape index (κ1) is 38.0. The highest BCUT2D eigenvalue weighted by Gasteiger charge is 2.19. The summed E-state index contributed by atoms with van der Waals surface area (Å²) >= 11 is 0. The molecule has 0 amide bonds. The summed E-state index contributed by atoms with van der Waals surface area (Å²) in [5, 5.41) is 6.00. The minimum Gasteiger partial charge on any atom is -0.355 e. The Morgan fingerprint density at radius 3 is 2.04 bits per heavy atom. The minimum absolute atomic E-state index is 0.325. The van der Waals surface area contributed by atoms with Crippen LogP contribution in [0.1, 0.15) is 17.2 Å². The van der Waals surface area contributed by atoms with Crippen molar-refractivity contribution in [2.24, 2.45) is 15.7 Å². The third-order valence-electron chi connectivity index (χ3n) is 9.90. The van der Waals surface area contributed by atoms with Gasteiger partial charge < -0.3 is 15.6 Å². The number of aromatic nitrogens is 1. The SMILES string of the molecule is C=C/C=C(\C=C)C(N=C(N=C)c1cccc(-n2c3ccccc3c3c(-c4cccc(-c5ccccc5Nc5ccccc5)c4)cccc32)c1)c1ccccc1.CN. The Kier molecular flexibility index (Phi) is 11.9. The van der Waals surface area contributed by atoms with Gasteiger partial charge in [0.15, 0.2) is 5.84 Å². The van der Waals surface area contributed by atoms with Crippen molar-refractivity contribution >= 4 is 45.7 Å². The van der Waals surface area contributed by atoms with Crippen molar-refractivity contribution in [3.05, 3.63) is 224 Å². The van der Waals surface area contributed by atoms with E-state index in [-0.39, 0.29) is 6.04 Å². The summed E-state index contributed by atoms with van der Waals surface area (Å²) in [6, 6.07) is 61.1. The summed E-state index contributed by atoms with van der Waals surface area (Å²) < 4.78 is 2.34. The first-order valence-corrected chi connectivity index (χ1v) is 18.9. The molecule has 1 atom stereocenters. The lowest BCUT2D eigenvalue weighted by atomic mass is 9.95. The fourth-order valence-corrected chi connectivity index (χ4v) is 7.41. The number of anilines is 2. The van der Waals surface area contributed by atoms with E-state index in [2.05, 4.69) is 174 Å². The second kappa shape index (κ2) is 17.9. The molecule has 7 aromatic carbocycles. The molecule has 1 aromatic heterocycles. The molecule has 0 radical (unpaired) electrons. The van der Waals surface area contributed by atoms with Crippen LogP contribution in [-0.2, 0) is 0 Å². The largest absolute Gasteiger partial charge is 0.355 e. The zero-order valence-corrected chi connectivity index (χ0v) is 32.1. The van der Waals surface area contributed by atoms with Gasteiger partial charge >= 0.3 is 0 Å². The van der Waals surface area contributed by atoms with Gasteiger partial charge in [0.1, 0.15) is 6.04 Å². The van der Waals surface area contributed by atoms with Crippen LogP contribution < -0.4 is 11.1 Å². The third kappa shape index (κ3) is 7.92. The van der Waals surface area contributed by atoms with E-state index in [0.29, 0.717) is 5.84 Å². The van der Waals surface area contributed by atoms with Crippen LogP contribution in [-0.4, -0.2) is 24.2 Å². The van der Waals surface area contributed by atoms with E-state index in [9.17, 15) is 0 Å². The van der Waals surface area contributed by atoms with Crippen molar-refractivity contribution < 1.29 is 0 Å². The Bertz CT molecular complexity index is 2740. The summed E-state index contributed by atoms with van der Waals surface area (Å²) in [5.74, 6) is 0.549. The van der Waals surface area contributed by atoms with E-state index >= 15 is 0 Å². The Balaban J connectivity index is 0.00000244. The van der Waals surface area contributed by atoms with Gasteiger partial charge in [-0.2, -0.15) is 0 Å². The average molecular weight is 740 g/mol. The van der Waals surface area contributed by atoms with Crippen molar-refractivity contribution in [2.45, 2.75) is 6.04 Å². The first-order chi connectivity index (χ1) is 28.2. The maximum Gasteiger partial charge on any atom is 0.154 e. The Morgan fingerprint density at radius 1 is 0.649 bits per heavy atom. The molecule has 1 unspecified atom stereocenters. The van der Waals surface area contributed by atoms with Crippen LogP contribution in [0.25, 0.3) is 49.7 Å². The molecule has 8 rings (SSSR count). The number of hydrogen-bond acceptors (Lipinski definition) is 3. The van der Waals surface area contributed by atoms with Crippen LogP contribution in [0, 0.1) is 0 Å². The van der Waals surface area contributed by atoms with E-state index in [0.717, 1.165) is 61.5 Å². The minimum atomic E-state index is -0.325. The second-order valence-electron chi connectivity index (χ2n) is 13.3. The molecule has 1 heterocycles. The zero-order chi connectivity index (χ0) is 39.6.